The van der Waals surface area contributed by atoms with Crippen LogP contribution in [0.1, 0.15) is 95.0 Å². The van der Waals surface area contributed by atoms with Crippen molar-refractivity contribution in [2.24, 2.45) is 0 Å². The van der Waals surface area contributed by atoms with E-state index in [1.807, 2.05) is 84.9 Å². The van der Waals surface area contributed by atoms with Crippen LogP contribution in [0.3, 0.4) is 0 Å². The average molecular weight is 614 g/mol. The maximum Gasteiger partial charge on any atom is 0.408 e. The van der Waals surface area contributed by atoms with Gasteiger partial charge in [-0.3, -0.25) is 9.59 Å². The highest BCUT2D eigenvalue weighted by Gasteiger charge is 2.36. The fourth-order valence-electron chi connectivity index (χ4n) is 5.24. The summed E-state index contributed by atoms with van der Waals surface area (Å²) in [4.78, 5) is 43.5. The number of ether oxygens (including phenoxy) is 1. The molecule has 0 aliphatic heterocycles. The van der Waals surface area contributed by atoms with Crippen molar-refractivity contribution in [2.45, 2.75) is 104 Å². The first-order valence-electron chi connectivity index (χ1n) is 16.4. The smallest absolute Gasteiger partial charge is 0.408 e. The fourth-order valence-corrected chi connectivity index (χ4v) is 5.24. The monoisotopic (exact) mass is 613 g/mol. The van der Waals surface area contributed by atoms with Gasteiger partial charge in [0.1, 0.15) is 17.7 Å². The topological polar surface area (TPSA) is 87.7 Å². The molecule has 0 saturated carbocycles. The van der Waals surface area contributed by atoms with Crippen molar-refractivity contribution in [1.82, 2.24) is 15.5 Å². The van der Waals surface area contributed by atoms with E-state index in [-0.39, 0.29) is 18.2 Å². The Balaban J connectivity index is 2.01. The first-order chi connectivity index (χ1) is 21.6. The highest BCUT2D eigenvalue weighted by molar-refractivity contribution is 5.92. The van der Waals surface area contributed by atoms with Crippen molar-refractivity contribution in [3.8, 4) is 0 Å². The molecule has 0 spiro atoms. The molecule has 3 rings (SSSR count). The van der Waals surface area contributed by atoms with Crippen LogP contribution in [0.2, 0.25) is 0 Å². The number of alkyl carbamates (subject to hydrolysis) is 1. The van der Waals surface area contributed by atoms with E-state index >= 15 is 0 Å². The van der Waals surface area contributed by atoms with Crippen molar-refractivity contribution >= 4 is 17.9 Å². The van der Waals surface area contributed by atoms with E-state index in [0.29, 0.717) is 13.1 Å². The molecule has 242 valence electrons. The molecule has 2 atom stereocenters. The summed E-state index contributed by atoms with van der Waals surface area (Å²) in [5.74, 6) is -0.583. The number of aryl methyl sites for hydroxylation is 1. The molecule has 3 aromatic carbocycles. The van der Waals surface area contributed by atoms with Crippen LogP contribution in [-0.2, 0) is 33.7 Å². The molecule has 0 fully saturated rings. The fraction of sp³-hybridized carbons (Fsp3) is 0.447. The summed E-state index contributed by atoms with van der Waals surface area (Å²) < 4.78 is 5.57. The predicted octanol–water partition coefficient (Wildman–Crippen LogP) is 7.54. The number of hydrogen-bond acceptors (Lipinski definition) is 4. The zero-order valence-corrected chi connectivity index (χ0v) is 27.7. The number of nitrogens with one attached hydrogen (secondary N) is 2. The molecule has 7 heteroatoms. The molecular weight excluding hydrogens is 562 g/mol. The van der Waals surface area contributed by atoms with Gasteiger partial charge in [-0.15, -0.1) is 0 Å². The zero-order chi connectivity index (χ0) is 32.7. The minimum atomic E-state index is -0.933. The summed E-state index contributed by atoms with van der Waals surface area (Å²) >= 11 is 0. The highest BCUT2D eigenvalue weighted by Crippen LogP contribution is 2.25. The molecule has 0 aliphatic rings. The van der Waals surface area contributed by atoms with Crippen molar-refractivity contribution in [1.29, 1.82) is 0 Å². The van der Waals surface area contributed by atoms with Crippen LogP contribution in [0, 0.1) is 0 Å². The number of amides is 3. The molecule has 0 aliphatic carbocycles. The number of benzene rings is 3. The van der Waals surface area contributed by atoms with Crippen molar-refractivity contribution < 1.29 is 19.1 Å². The summed E-state index contributed by atoms with van der Waals surface area (Å²) in [6.07, 6.45) is 5.41. The van der Waals surface area contributed by atoms with Gasteiger partial charge >= 0.3 is 6.09 Å². The Morgan fingerprint density at radius 1 is 0.756 bits per heavy atom. The second kappa shape index (κ2) is 18.0. The first kappa shape index (κ1) is 35.4. The molecule has 0 saturated heterocycles. The summed E-state index contributed by atoms with van der Waals surface area (Å²) in [5.41, 5.74) is 3.01. The largest absolute Gasteiger partial charge is 0.444 e. The molecule has 0 heterocycles. The Bertz CT molecular complexity index is 1320. The van der Waals surface area contributed by atoms with E-state index in [0.717, 1.165) is 60.8 Å². The van der Waals surface area contributed by atoms with Gasteiger partial charge in [-0.1, -0.05) is 124 Å². The molecule has 3 aromatic rings. The van der Waals surface area contributed by atoms with Crippen LogP contribution in [-0.4, -0.2) is 41.0 Å². The third-order valence-corrected chi connectivity index (χ3v) is 7.63. The van der Waals surface area contributed by atoms with Crippen molar-refractivity contribution in [2.75, 3.05) is 6.54 Å². The maximum atomic E-state index is 14.7. The SMILES string of the molecule is CCCCCCCN(C(=O)C(Cc1ccccc1)NC(=O)OC(C)(C)C)C(C(=O)NCc1ccccc1)c1ccc(CC)cc1. The lowest BCUT2D eigenvalue weighted by Crippen LogP contribution is -2.54. The number of carbonyl (C=O) groups excluding carboxylic acids is 3. The van der Waals surface area contributed by atoms with Crippen molar-refractivity contribution in [3.63, 3.8) is 0 Å². The lowest BCUT2D eigenvalue weighted by atomic mass is 9.98. The Morgan fingerprint density at radius 2 is 1.36 bits per heavy atom. The summed E-state index contributed by atoms with van der Waals surface area (Å²) in [6, 6.07) is 25.4. The van der Waals surface area contributed by atoms with E-state index in [1.54, 1.807) is 25.7 Å². The van der Waals surface area contributed by atoms with Crippen molar-refractivity contribution in [3.05, 3.63) is 107 Å². The Labute approximate surface area is 269 Å². The Morgan fingerprint density at radius 3 is 1.93 bits per heavy atom. The van der Waals surface area contributed by atoms with Crippen LogP contribution in [0.25, 0.3) is 0 Å². The number of unbranched alkanes of at least 4 members (excludes halogenated alkanes) is 4. The molecular formula is C38H51N3O4. The van der Waals surface area contributed by atoms with Gasteiger partial charge in [-0.05, 0) is 55.9 Å². The van der Waals surface area contributed by atoms with E-state index in [9.17, 15) is 14.4 Å². The van der Waals surface area contributed by atoms with E-state index < -0.39 is 23.8 Å². The molecule has 0 bridgehead atoms. The molecule has 2 N–H and O–H groups in total. The van der Waals surface area contributed by atoms with Gasteiger partial charge in [0.2, 0.25) is 11.8 Å². The lowest BCUT2D eigenvalue weighted by Gasteiger charge is -2.35. The number of nitrogens with zero attached hydrogens (tertiary/aromatic N) is 1. The molecule has 7 nitrogen and oxygen atoms in total. The van der Waals surface area contributed by atoms with Crippen LogP contribution >= 0.6 is 0 Å². The first-order valence-corrected chi connectivity index (χ1v) is 16.4. The minimum absolute atomic E-state index is 0.262. The van der Waals surface area contributed by atoms with Crippen LogP contribution in [0.15, 0.2) is 84.9 Å². The third kappa shape index (κ3) is 12.1. The van der Waals surface area contributed by atoms with Gasteiger partial charge in [0.25, 0.3) is 0 Å². The Hall–Kier alpha value is -4.13. The second-order valence-corrected chi connectivity index (χ2v) is 12.5. The molecule has 2 unspecified atom stereocenters. The predicted molar refractivity (Wildman–Crippen MR) is 181 cm³/mol. The second-order valence-electron chi connectivity index (χ2n) is 12.5. The van der Waals surface area contributed by atoms with Crippen LogP contribution in [0.4, 0.5) is 4.79 Å². The average Bonchev–Trinajstić information content (AvgIpc) is 3.02. The van der Waals surface area contributed by atoms with Crippen LogP contribution in [0.5, 0.6) is 0 Å². The highest BCUT2D eigenvalue weighted by atomic mass is 16.6. The van der Waals surface area contributed by atoms with E-state index in [1.165, 1.54) is 0 Å². The quantitative estimate of drug-likeness (QED) is 0.163. The Kier molecular flexibility index (Phi) is 14.1. The van der Waals surface area contributed by atoms with Gasteiger partial charge in [0.05, 0.1) is 0 Å². The van der Waals surface area contributed by atoms with Crippen LogP contribution < -0.4 is 10.6 Å². The molecule has 3 amide bonds. The molecule has 0 radical (unpaired) electrons. The molecule has 0 aromatic heterocycles. The molecule has 45 heavy (non-hydrogen) atoms. The minimum Gasteiger partial charge on any atom is -0.444 e. The van der Waals surface area contributed by atoms with Gasteiger partial charge in [-0.2, -0.15) is 0 Å². The summed E-state index contributed by atoms with van der Waals surface area (Å²) in [5, 5.41) is 5.94. The summed E-state index contributed by atoms with van der Waals surface area (Å²) in [6.45, 7) is 10.3. The lowest BCUT2D eigenvalue weighted by molar-refractivity contribution is -0.142. The van der Waals surface area contributed by atoms with Gasteiger partial charge in [0, 0.05) is 19.5 Å². The van der Waals surface area contributed by atoms with Gasteiger partial charge in [-0.25, -0.2) is 4.79 Å². The number of carbonyl (C=O) groups is 3. The maximum absolute atomic E-state index is 14.7. The number of rotatable bonds is 16. The standard InChI is InChI=1S/C38H51N3O4/c1-6-8-9-10-17-26-41(36(43)33(27-30-18-13-11-14-19-30)40-37(44)45-38(3,4)5)34(32-24-22-29(7-2)23-25-32)35(42)39-28-31-20-15-12-16-21-31/h11-16,18-25,33-34H,6-10,17,26-28H2,1-5H3,(H,39,42)(H,40,44). The van der Waals surface area contributed by atoms with E-state index in [2.05, 4.69) is 24.5 Å². The number of hydrogen-bond donors (Lipinski definition) is 2. The van der Waals surface area contributed by atoms with Gasteiger partial charge in [0.15, 0.2) is 0 Å². The summed E-state index contributed by atoms with van der Waals surface area (Å²) in [7, 11) is 0. The zero-order valence-electron chi connectivity index (χ0n) is 27.7. The van der Waals surface area contributed by atoms with Gasteiger partial charge < -0.3 is 20.3 Å². The normalized spacial score (nSPS) is 12.6. The third-order valence-electron chi connectivity index (χ3n) is 7.63. The van der Waals surface area contributed by atoms with E-state index in [4.69, 9.17) is 4.74 Å².